The second kappa shape index (κ2) is 8.42. The van der Waals surface area contributed by atoms with Gasteiger partial charge in [-0.1, -0.05) is 22.9 Å². The van der Waals surface area contributed by atoms with Crippen LogP contribution in [0.2, 0.25) is 0 Å². The number of thioether (sulfide) groups is 1. The van der Waals surface area contributed by atoms with Gasteiger partial charge in [0.05, 0.1) is 7.11 Å². The Balaban J connectivity index is 2.15. The van der Waals surface area contributed by atoms with Crippen LogP contribution in [0.15, 0.2) is 22.7 Å². The van der Waals surface area contributed by atoms with Crippen LogP contribution in [0.4, 0.5) is 0 Å². The van der Waals surface area contributed by atoms with Crippen molar-refractivity contribution in [3.63, 3.8) is 0 Å². The van der Waals surface area contributed by atoms with Crippen LogP contribution in [0.25, 0.3) is 0 Å². The van der Waals surface area contributed by atoms with Gasteiger partial charge in [0.2, 0.25) is 0 Å². The number of nitrogens with zero attached hydrogens (tertiary/aromatic N) is 1. The van der Waals surface area contributed by atoms with E-state index in [1.807, 2.05) is 6.07 Å². The van der Waals surface area contributed by atoms with Crippen molar-refractivity contribution in [1.82, 2.24) is 10.2 Å². The minimum atomic E-state index is 0.469. The zero-order valence-electron chi connectivity index (χ0n) is 13.1. The Hall–Kier alpha value is -0.230. The summed E-state index contributed by atoms with van der Waals surface area (Å²) in [6.45, 7) is 4.36. The molecule has 0 amide bonds. The zero-order chi connectivity index (χ0) is 15.2. The van der Waals surface area contributed by atoms with Gasteiger partial charge in [-0.05, 0) is 43.8 Å². The second-order valence-electron chi connectivity index (χ2n) is 5.45. The van der Waals surface area contributed by atoms with Crippen LogP contribution >= 0.6 is 27.7 Å². The standard InChI is InChI=1S/C16H25BrN2OS/c1-4-18-15(16-11-21-8-7-19(16)2)10-12-9-13(20-3)5-6-14(12)17/h5-6,9,15-16,18H,4,7-8,10-11H2,1-3H3. The molecule has 2 unspecified atom stereocenters. The summed E-state index contributed by atoms with van der Waals surface area (Å²) in [5.74, 6) is 3.37. The van der Waals surface area contributed by atoms with Crippen molar-refractivity contribution in [1.29, 1.82) is 0 Å². The highest BCUT2D eigenvalue weighted by atomic mass is 79.9. The lowest BCUT2D eigenvalue weighted by Gasteiger charge is -2.38. The molecule has 1 fully saturated rings. The minimum absolute atomic E-state index is 0.469. The molecule has 0 spiro atoms. The van der Waals surface area contributed by atoms with Crippen molar-refractivity contribution < 1.29 is 4.74 Å². The second-order valence-corrected chi connectivity index (χ2v) is 7.45. The molecule has 1 aliphatic heterocycles. The van der Waals surface area contributed by atoms with Crippen LogP contribution in [0.3, 0.4) is 0 Å². The van der Waals surface area contributed by atoms with Gasteiger partial charge in [0, 0.05) is 34.6 Å². The Kier molecular flexibility index (Phi) is 6.86. The quantitative estimate of drug-likeness (QED) is 0.829. The van der Waals surface area contributed by atoms with Gasteiger partial charge in [0.15, 0.2) is 0 Å². The lowest BCUT2D eigenvalue weighted by Crippen LogP contribution is -2.53. The van der Waals surface area contributed by atoms with Crippen LogP contribution in [-0.2, 0) is 6.42 Å². The van der Waals surface area contributed by atoms with E-state index in [0.717, 1.165) is 23.2 Å². The number of hydrogen-bond donors (Lipinski definition) is 1. The maximum absolute atomic E-state index is 5.36. The molecule has 1 aliphatic rings. The third-order valence-corrected chi connectivity index (χ3v) is 5.89. The number of likely N-dealkylation sites (N-methyl/N-ethyl adjacent to an activating group) is 2. The van der Waals surface area contributed by atoms with E-state index in [1.165, 1.54) is 23.6 Å². The fraction of sp³-hybridized carbons (Fsp3) is 0.625. The molecule has 0 radical (unpaired) electrons. The Morgan fingerprint density at radius 1 is 1.52 bits per heavy atom. The Labute approximate surface area is 140 Å². The first-order valence-electron chi connectivity index (χ1n) is 7.49. The first-order chi connectivity index (χ1) is 10.2. The smallest absolute Gasteiger partial charge is 0.119 e. The predicted molar refractivity (Wildman–Crippen MR) is 95.6 cm³/mol. The van der Waals surface area contributed by atoms with Crippen LogP contribution in [-0.4, -0.2) is 55.7 Å². The largest absolute Gasteiger partial charge is 0.497 e. The Morgan fingerprint density at radius 2 is 2.33 bits per heavy atom. The van der Waals surface area contributed by atoms with E-state index in [1.54, 1.807) is 7.11 Å². The predicted octanol–water partition coefficient (Wildman–Crippen LogP) is 3.03. The van der Waals surface area contributed by atoms with Crippen LogP contribution in [0, 0.1) is 0 Å². The summed E-state index contributed by atoms with van der Waals surface area (Å²) in [6.07, 6.45) is 1.02. The number of ether oxygens (including phenoxy) is 1. The summed E-state index contributed by atoms with van der Waals surface area (Å²) in [5, 5.41) is 3.68. The fourth-order valence-electron chi connectivity index (χ4n) is 2.81. The highest BCUT2D eigenvalue weighted by molar-refractivity contribution is 9.10. The van der Waals surface area contributed by atoms with E-state index in [0.29, 0.717) is 12.1 Å². The molecule has 5 heteroatoms. The van der Waals surface area contributed by atoms with Gasteiger partial charge in [0.25, 0.3) is 0 Å². The van der Waals surface area contributed by atoms with Gasteiger partial charge in [-0.25, -0.2) is 0 Å². The molecule has 2 atom stereocenters. The molecule has 1 saturated heterocycles. The third-order valence-electron chi connectivity index (χ3n) is 4.07. The summed E-state index contributed by atoms with van der Waals surface area (Å²) >= 11 is 5.74. The first-order valence-corrected chi connectivity index (χ1v) is 9.44. The van der Waals surface area contributed by atoms with E-state index in [4.69, 9.17) is 4.74 Å². The van der Waals surface area contributed by atoms with Gasteiger partial charge in [-0.3, -0.25) is 0 Å². The van der Waals surface area contributed by atoms with Gasteiger partial charge >= 0.3 is 0 Å². The van der Waals surface area contributed by atoms with Crippen molar-refractivity contribution in [2.75, 3.05) is 38.8 Å². The first kappa shape index (κ1) is 17.1. The molecule has 2 rings (SSSR count). The number of benzene rings is 1. The highest BCUT2D eigenvalue weighted by Gasteiger charge is 2.28. The number of methoxy groups -OCH3 is 1. The Morgan fingerprint density at radius 3 is 3.00 bits per heavy atom. The number of halogens is 1. The summed E-state index contributed by atoms with van der Waals surface area (Å²) < 4.78 is 6.53. The third kappa shape index (κ3) is 4.62. The van der Waals surface area contributed by atoms with E-state index in [-0.39, 0.29) is 0 Å². The van der Waals surface area contributed by atoms with Crippen LogP contribution < -0.4 is 10.1 Å². The van der Waals surface area contributed by atoms with Crippen LogP contribution in [0.5, 0.6) is 5.75 Å². The Bertz CT molecular complexity index is 458. The minimum Gasteiger partial charge on any atom is -0.497 e. The molecule has 1 aromatic carbocycles. The maximum atomic E-state index is 5.36. The number of hydrogen-bond acceptors (Lipinski definition) is 4. The summed E-state index contributed by atoms with van der Waals surface area (Å²) in [6, 6.07) is 7.28. The summed E-state index contributed by atoms with van der Waals surface area (Å²) in [7, 11) is 3.97. The highest BCUT2D eigenvalue weighted by Crippen LogP contribution is 2.26. The molecule has 0 bridgehead atoms. The molecule has 1 heterocycles. The summed E-state index contributed by atoms with van der Waals surface area (Å²) in [4.78, 5) is 2.50. The molecule has 3 nitrogen and oxygen atoms in total. The van der Waals surface area contributed by atoms with Gasteiger partial charge in [-0.15, -0.1) is 0 Å². The lowest BCUT2D eigenvalue weighted by atomic mass is 9.99. The van der Waals surface area contributed by atoms with Crippen LogP contribution in [0.1, 0.15) is 12.5 Å². The van der Waals surface area contributed by atoms with E-state index in [9.17, 15) is 0 Å². The van der Waals surface area contributed by atoms with Crippen molar-refractivity contribution in [2.45, 2.75) is 25.4 Å². The molecular formula is C16H25BrN2OS. The maximum Gasteiger partial charge on any atom is 0.119 e. The normalized spacial score (nSPS) is 21.2. The monoisotopic (exact) mass is 372 g/mol. The van der Waals surface area contributed by atoms with Crippen molar-refractivity contribution in [3.8, 4) is 5.75 Å². The van der Waals surface area contributed by atoms with Gasteiger partial charge in [-0.2, -0.15) is 11.8 Å². The number of rotatable bonds is 6. The molecule has 118 valence electrons. The average Bonchev–Trinajstić information content (AvgIpc) is 2.49. The van der Waals surface area contributed by atoms with Crippen molar-refractivity contribution >= 4 is 27.7 Å². The zero-order valence-corrected chi connectivity index (χ0v) is 15.5. The molecular weight excluding hydrogens is 348 g/mol. The molecule has 0 saturated carbocycles. The van der Waals surface area contributed by atoms with E-state index < -0.39 is 0 Å². The topological polar surface area (TPSA) is 24.5 Å². The van der Waals surface area contributed by atoms with E-state index >= 15 is 0 Å². The molecule has 0 aromatic heterocycles. The van der Waals surface area contributed by atoms with E-state index in [2.05, 4.69) is 64.0 Å². The number of nitrogens with one attached hydrogen (secondary N) is 1. The lowest BCUT2D eigenvalue weighted by molar-refractivity contribution is 0.214. The van der Waals surface area contributed by atoms with Crippen molar-refractivity contribution in [3.05, 3.63) is 28.2 Å². The molecule has 1 N–H and O–H groups in total. The average molecular weight is 373 g/mol. The molecule has 21 heavy (non-hydrogen) atoms. The van der Waals surface area contributed by atoms with Gasteiger partial charge in [0.1, 0.15) is 5.75 Å². The fourth-order valence-corrected chi connectivity index (χ4v) is 4.53. The summed E-state index contributed by atoms with van der Waals surface area (Å²) in [5.41, 5.74) is 1.31. The van der Waals surface area contributed by atoms with Crippen molar-refractivity contribution in [2.24, 2.45) is 0 Å². The molecule has 1 aromatic rings. The SMILES string of the molecule is CCNC(Cc1cc(OC)ccc1Br)C1CSCCN1C. The molecule has 0 aliphatic carbocycles. The van der Waals surface area contributed by atoms with Gasteiger partial charge < -0.3 is 15.0 Å².